The van der Waals surface area contributed by atoms with E-state index in [1.807, 2.05) is 0 Å². The number of hydrogen-bond donors (Lipinski definition) is 1. The third kappa shape index (κ3) is 3.71. The van der Waals surface area contributed by atoms with Crippen LogP contribution in [0.4, 0.5) is 5.69 Å². The molecule has 22 heavy (non-hydrogen) atoms. The highest BCUT2D eigenvalue weighted by atomic mass is 32.2. The first-order valence-corrected chi connectivity index (χ1v) is 7.61. The summed E-state index contributed by atoms with van der Waals surface area (Å²) in [7, 11) is -3.05. The van der Waals surface area contributed by atoms with Crippen LogP contribution >= 0.6 is 0 Å². The molecular formula is C12H16N2O7S. The Morgan fingerprint density at radius 2 is 2.05 bits per heavy atom. The molecule has 0 radical (unpaired) electrons. The van der Waals surface area contributed by atoms with Gasteiger partial charge < -0.3 is 9.84 Å². The normalized spacial score (nSPS) is 11.7. The van der Waals surface area contributed by atoms with Gasteiger partial charge in [-0.25, -0.2) is 8.42 Å². The van der Waals surface area contributed by atoms with Gasteiger partial charge in [-0.1, -0.05) is 0 Å². The summed E-state index contributed by atoms with van der Waals surface area (Å²) in [6.45, 7) is 2.25. The van der Waals surface area contributed by atoms with Crippen LogP contribution in [0.2, 0.25) is 0 Å². The molecule has 0 spiro atoms. The Bertz CT molecular complexity index is 685. The Morgan fingerprint density at radius 1 is 1.45 bits per heavy atom. The molecule has 10 heteroatoms. The monoisotopic (exact) mass is 332 g/mol. The number of rotatable bonds is 7. The molecule has 1 aromatic carbocycles. The van der Waals surface area contributed by atoms with Crippen molar-refractivity contribution in [1.82, 2.24) is 4.31 Å². The highest BCUT2D eigenvalue weighted by Gasteiger charge is 2.32. The summed E-state index contributed by atoms with van der Waals surface area (Å²) in [4.78, 5) is 20.5. The Kier molecular flexibility index (Phi) is 5.44. The standard InChI is InChI=1S/C12H16N2O7S/c1-8(2)13(7-12(15)16)22(19,20)11-6-9(14(17)18)4-5-10(11)21-3/h4-6,8H,7H2,1-3H3,(H,15,16). The number of non-ortho nitro benzene ring substituents is 1. The fourth-order valence-electron chi connectivity index (χ4n) is 1.79. The molecule has 1 aromatic rings. The lowest BCUT2D eigenvalue weighted by atomic mass is 10.3. The molecule has 0 saturated heterocycles. The molecule has 0 aliphatic rings. The number of sulfonamides is 1. The molecule has 1 rings (SSSR count). The van der Waals surface area contributed by atoms with E-state index < -0.39 is 44.1 Å². The van der Waals surface area contributed by atoms with Crippen LogP contribution < -0.4 is 4.74 Å². The average molecular weight is 332 g/mol. The van der Waals surface area contributed by atoms with Gasteiger partial charge in [0.05, 0.1) is 12.0 Å². The molecular weight excluding hydrogens is 316 g/mol. The van der Waals surface area contributed by atoms with Crippen LogP contribution in [0.25, 0.3) is 0 Å². The Hall–Kier alpha value is -2.20. The second kappa shape index (κ2) is 6.71. The van der Waals surface area contributed by atoms with E-state index in [4.69, 9.17) is 9.84 Å². The number of carbonyl (C=O) groups is 1. The average Bonchev–Trinajstić information content (AvgIpc) is 2.43. The first-order valence-electron chi connectivity index (χ1n) is 6.17. The third-order valence-corrected chi connectivity index (χ3v) is 4.85. The van der Waals surface area contributed by atoms with Crippen LogP contribution in [-0.2, 0) is 14.8 Å². The van der Waals surface area contributed by atoms with Gasteiger partial charge in [-0.2, -0.15) is 4.31 Å². The first kappa shape index (κ1) is 17.9. The molecule has 1 N–H and O–H groups in total. The van der Waals surface area contributed by atoms with Crippen molar-refractivity contribution in [2.75, 3.05) is 13.7 Å². The van der Waals surface area contributed by atoms with Crippen LogP contribution in [0.15, 0.2) is 23.1 Å². The van der Waals surface area contributed by atoms with E-state index in [1.54, 1.807) is 0 Å². The van der Waals surface area contributed by atoms with Crippen LogP contribution in [-0.4, -0.2) is 48.4 Å². The lowest BCUT2D eigenvalue weighted by Crippen LogP contribution is -2.40. The van der Waals surface area contributed by atoms with Crippen molar-refractivity contribution < 1.29 is 28.0 Å². The Balaban J connectivity index is 3.50. The van der Waals surface area contributed by atoms with E-state index >= 15 is 0 Å². The number of methoxy groups -OCH3 is 1. The number of ether oxygens (including phenoxy) is 1. The van der Waals surface area contributed by atoms with Gasteiger partial charge >= 0.3 is 5.97 Å². The lowest BCUT2D eigenvalue weighted by Gasteiger charge is -2.24. The van der Waals surface area contributed by atoms with Gasteiger partial charge in [0.2, 0.25) is 10.0 Å². The van der Waals surface area contributed by atoms with Crippen molar-refractivity contribution in [2.24, 2.45) is 0 Å². The zero-order valence-electron chi connectivity index (χ0n) is 12.2. The van der Waals surface area contributed by atoms with Gasteiger partial charge in [0.15, 0.2) is 0 Å². The topological polar surface area (TPSA) is 127 Å². The van der Waals surface area contributed by atoms with E-state index in [9.17, 15) is 23.3 Å². The highest BCUT2D eigenvalue weighted by Crippen LogP contribution is 2.31. The van der Waals surface area contributed by atoms with Gasteiger partial charge in [0, 0.05) is 18.2 Å². The van der Waals surface area contributed by atoms with Gasteiger partial charge in [0.25, 0.3) is 5.69 Å². The number of carboxylic acid groups (broad SMARTS) is 1. The second-order valence-electron chi connectivity index (χ2n) is 4.63. The fourth-order valence-corrected chi connectivity index (χ4v) is 3.55. The zero-order valence-corrected chi connectivity index (χ0v) is 13.0. The van der Waals surface area contributed by atoms with Crippen molar-refractivity contribution in [1.29, 1.82) is 0 Å². The van der Waals surface area contributed by atoms with Crippen LogP contribution in [0.3, 0.4) is 0 Å². The molecule has 0 bridgehead atoms. The minimum Gasteiger partial charge on any atom is -0.495 e. The number of nitrogens with zero attached hydrogens (tertiary/aromatic N) is 2. The van der Waals surface area contributed by atoms with E-state index in [0.717, 1.165) is 22.5 Å². The quantitative estimate of drug-likeness (QED) is 0.584. The number of aliphatic carboxylic acids is 1. The molecule has 0 unspecified atom stereocenters. The molecule has 0 fully saturated rings. The number of nitro groups is 1. The molecule has 0 atom stereocenters. The van der Waals surface area contributed by atoms with Crippen molar-refractivity contribution in [3.05, 3.63) is 28.3 Å². The summed E-state index contributed by atoms with van der Waals surface area (Å²) < 4.78 is 30.9. The maximum Gasteiger partial charge on any atom is 0.318 e. The largest absolute Gasteiger partial charge is 0.495 e. The number of benzene rings is 1. The smallest absolute Gasteiger partial charge is 0.318 e. The molecule has 0 saturated carbocycles. The van der Waals surface area contributed by atoms with Crippen LogP contribution in [0, 0.1) is 10.1 Å². The predicted octanol–water partition coefficient (Wildman–Crippen LogP) is 1.09. The molecule has 0 aliphatic heterocycles. The van der Waals surface area contributed by atoms with Crippen molar-refractivity contribution in [3.8, 4) is 5.75 Å². The van der Waals surface area contributed by atoms with Gasteiger partial charge in [-0.15, -0.1) is 0 Å². The first-order chi connectivity index (χ1) is 10.1. The van der Waals surface area contributed by atoms with Crippen LogP contribution in [0.5, 0.6) is 5.75 Å². The maximum absolute atomic E-state index is 12.6. The molecule has 122 valence electrons. The Morgan fingerprint density at radius 3 is 2.45 bits per heavy atom. The molecule has 0 amide bonds. The number of hydrogen-bond acceptors (Lipinski definition) is 6. The van der Waals surface area contributed by atoms with E-state index in [0.29, 0.717) is 0 Å². The fraction of sp³-hybridized carbons (Fsp3) is 0.417. The van der Waals surface area contributed by atoms with Crippen molar-refractivity contribution >= 4 is 21.7 Å². The highest BCUT2D eigenvalue weighted by molar-refractivity contribution is 7.89. The summed E-state index contributed by atoms with van der Waals surface area (Å²) in [6, 6.07) is 2.47. The summed E-state index contributed by atoms with van der Waals surface area (Å²) in [5.41, 5.74) is -0.432. The summed E-state index contributed by atoms with van der Waals surface area (Å²) in [6.07, 6.45) is 0. The SMILES string of the molecule is COc1ccc([N+](=O)[O-])cc1S(=O)(=O)N(CC(=O)O)C(C)C. The minimum atomic E-state index is -4.27. The van der Waals surface area contributed by atoms with Crippen molar-refractivity contribution in [3.63, 3.8) is 0 Å². The maximum atomic E-state index is 12.6. The van der Waals surface area contributed by atoms with E-state index in [1.165, 1.54) is 21.0 Å². The minimum absolute atomic E-state index is 0.0957. The molecule has 0 aliphatic carbocycles. The van der Waals surface area contributed by atoms with Gasteiger partial charge in [0.1, 0.15) is 17.2 Å². The van der Waals surface area contributed by atoms with E-state index in [2.05, 4.69) is 0 Å². The third-order valence-electron chi connectivity index (χ3n) is 2.81. The summed E-state index contributed by atoms with van der Waals surface area (Å²) in [5, 5.41) is 19.7. The van der Waals surface area contributed by atoms with Crippen molar-refractivity contribution in [2.45, 2.75) is 24.8 Å². The Labute approximate surface area is 127 Å². The second-order valence-corrected chi connectivity index (χ2v) is 6.49. The molecule has 9 nitrogen and oxygen atoms in total. The summed E-state index contributed by atoms with van der Waals surface area (Å²) >= 11 is 0. The molecule has 0 heterocycles. The predicted molar refractivity (Wildman–Crippen MR) is 76.3 cm³/mol. The number of nitro benzene ring substituents is 1. The molecule has 0 aromatic heterocycles. The van der Waals surface area contributed by atoms with E-state index in [-0.39, 0.29) is 5.75 Å². The van der Waals surface area contributed by atoms with Gasteiger partial charge in [-0.05, 0) is 19.9 Å². The number of carboxylic acids is 1. The summed E-state index contributed by atoms with van der Waals surface area (Å²) in [5.74, 6) is -1.43. The lowest BCUT2D eigenvalue weighted by molar-refractivity contribution is -0.385. The van der Waals surface area contributed by atoms with Crippen LogP contribution in [0.1, 0.15) is 13.8 Å². The van der Waals surface area contributed by atoms with Gasteiger partial charge in [-0.3, -0.25) is 14.9 Å². The zero-order chi connectivity index (χ0) is 17.1.